The average molecular weight is 402 g/mol. The normalized spacial score (nSPS) is 13.5. The van der Waals surface area contributed by atoms with E-state index in [4.69, 9.17) is 0 Å². The van der Waals surface area contributed by atoms with Crippen molar-refractivity contribution in [1.29, 1.82) is 0 Å². The summed E-state index contributed by atoms with van der Waals surface area (Å²) in [6, 6.07) is 9.11. The van der Waals surface area contributed by atoms with Gasteiger partial charge in [0.15, 0.2) is 0 Å². The van der Waals surface area contributed by atoms with Gasteiger partial charge in [0.1, 0.15) is 11.6 Å². The van der Waals surface area contributed by atoms with Gasteiger partial charge in [-0.3, -0.25) is 4.68 Å². The van der Waals surface area contributed by atoms with Gasteiger partial charge < -0.3 is 10.2 Å². The minimum Gasteiger partial charge on any atom is -0.344 e. The SMILES string of the molecule is C=C1C=C(c2ccnc(Nc3ccnn3C)n2)C=CN1Cc1ccc(CC)c(F)c1. The molecule has 30 heavy (non-hydrogen) atoms. The van der Waals surface area contributed by atoms with E-state index in [9.17, 15) is 4.39 Å². The first-order valence-corrected chi connectivity index (χ1v) is 9.74. The van der Waals surface area contributed by atoms with Crippen molar-refractivity contribution < 1.29 is 4.39 Å². The Kier molecular flexibility index (Phi) is 5.43. The summed E-state index contributed by atoms with van der Waals surface area (Å²) in [6.45, 7) is 6.65. The number of rotatable bonds is 6. The van der Waals surface area contributed by atoms with Crippen LogP contribution in [0.3, 0.4) is 0 Å². The van der Waals surface area contributed by atoms with Gasteiger partial charge in [-0.05, 0) is 41.8 Å². The van der Waals surface area contributed by atoms with Crippen LogP contribution < -0.4 is 5.32 Å². The topological polar surface area (TPSA) is 58.9 Å². The van der Waals surface area contributed by atoms with E-state index in [1.54, 1.807) is 23.1 Å². The molecule has 0 fully saturated rings. The predicted octanol–water partition coefficient (Wildman–Crippen LogP) is 4.58. The van der Waals surface area contributed by atoms with E-state index in [0.29, 0.717) is 18.9 Å². The molecule has 0 atom stereocenters. The number of anilines is 2. The molecular formula is C23H23FN6. The number of hydrogen-bond acceptors (Lipinski definition) is 5. The van der Waals surface area contributed by atoms with Gasteiger partial charge >= 0.3 is 0 Å². The number of hydrogen-bond donors (Lipinski definition) is 1. The summed E-state index contributed by atoms with van der Waals surface area (Å²) < 4.78 is 15.8. The second-order valence-corrected chi connectivity index (χ2v) is 7.04. The fourth-order valence-corrected chi connectivity index (χ4v) is 3.25. The van der Waals surface area contributed by atoms with Crippen LogP contribution in [0.15, 0.2) is 73.4 Å². The summed E-state index contributed by atoms with van der Waals surface area (Å²) in [7, 11) is 1.85. The first-order valence-electron chi connectivity index (χ1n) is 9.74. The van der Waals surface area contributed by atoms with E-state index in [0.717, 1.165) is 33.9 Å². The molecule has 1 aliphatic rings. The Morgan fingerprint density at radius 3 is 2.73 bits per heavy atom. The maximum absolute atomic E-state index is 14.1. The van der Waals surface area contributed by atoms with Gasteiger partial charge in [-0.1, -0.05) is 25.6 Å². The molecule has 0 saturated heterocycles. The van der Waals surface area contributed by atoms with Crippen molar-refractivity contribution in [2.45, 2.75) is 19.9 Å². The molecule has 0 amide bonds. The molecule has 0 aliphatic carbocycles. The Bertz CT molecular complexity index is 1140. The minimum absolute atomic E-state index is 0.160. The number of nitrogens with zero attached hydrogens (tertiary/aromatic N) is 5. The number of halogens is 1. The van der Waals surface area contributed by atoms with Crippen LogP contribution in [-0.4, -0.2) is 24.6 Å². The highest BCUT2D eigenvalue weighted by atomic mass is 19.1. The minimum atomic E-state index is -0.160. The number of allylic oxidation sites excluding steroid dienone is 3. The van der Waals surface area contributed by atoms with Gasteiger partial charge in [0.25, 0.3) is 0 Å². The molecule has 3 heterocycles. The van der Waals surface area contributed by atoms with E-state index in [-0.39, 0.29) is 5.82 Å². The lowest BCUT2D eigenvalue weighted by Crippen LogP contribution is -2.17. The molecule has 4 rings (SSSR count). The molecule has 1 aromatic carbocycles. The molecule has 3 aromatic rings. The highest BCUT2D eigenvalue weighted by Crippen LogP contribution is 2.25. The standard InChI is InChI=1S/C23H23FN6/c1-4-18-6-5-17(14-20(18)24)15-30-12-9-19(13-16(30)2)21-7-10-25-23(27-21)28-22-8-11-26-29(22)3/h5-14H,2,4,15H2,1,3H3,(H,25,27,28). The highest BCUT2D eigenvalue weighted by molar-refractivity contribution is 5.75. The van der Waals surface area contributed by atoms with Crippen molar-refractivity contribution in [3.63, 3.8) is 0 Å². The van der Waals surface area contributed by atoms with Crippen molar-refractivity contribution in [2.24, 2.45) is 7.05 Å². The van der Waals surface area contributed by atoms with E-state index >= 15 is 0 Å². The maximum atomic E-state index is 14.1. The molecule has 0 saturated carbocycles. The quantitative estimate of drug-likeness (QED) is 0.654. The molecular weight excluding hydrogens is 379 g/mol. The molecule has 2 aromatic heterocycles. The lowest BCUT2D eigenvalue weighted by atomic mass is 10.1. The Labute approximate surface area is 175 Å². The zero-order valence-corrected chi connectivity index (χ0v) is 17.0. The second kappa shape index (κ2) is 8.32. The van der Waals surface area contributed by atoms with Gasteiger partial charge in [-0.2, -0.15) is 5.10 Å². The van der Waals surface area contributed by atoms with Gasteiger partial charge in [-0.15, -0.1) is 0 Å². The summed E-state index contributed by atoms with van der Waals surface area (Å²) in [6.07, 6.45) is 9.99. The summed E-state index contributed by atoms with van der Waals surface area (Å²) >= 11 is 0. The van der Waals surface area contributed by atoms with Crippen LogP contribution in [-0.2, 0) is 20.0 Å². The van der Waals surface area contributed by atoms with Crippen molar-refractivity contribution >= 4 is 17.3 Å². The monoisotopic (exact) mass is 402 g/mol. The van der Waals surface area contributed by atoms with Crippen LogP contribution in [0.5, 0.6) is 0 Å². The van der Waals surface area contributed by atoms with Crippen LogP contribution in [0, 0.1) is 5.82 Å². The van der Waals surface area contributed by atoms with Gasteiger partial charge in [0.2, 0.25) is 5.95 Å². The maximum Gasteiger partial charge on any atom is 0.228 e. The van der Waals surface area contributed by atoms with Gasteiger partial charge in [0, 0.05) is 43.3 Å². The Morgan fingerprint density at radius 1 is 1.17 bits per heavy atom. The zero-order chi connectivity index (χ0) is 21.1. The third-order valence-electron chi connectivity index (χ3n) is 4.99. The lowest BCUT2D eigenvalue weighted by Gasteiger charge is -2.25. The summed E-state index contributed by atoms with van der Waals surface area (Å²) in [4.78, 5) is 10.9. The number of aryl methyl sites for hydroxylation is 2. The first-order chi connectivity index (χ1) is 14.5. The fourth-order valence-electron chi connectivity index (χ4n) is 3.25. The molecule has 6 nitrogen and oxygen atoms in total. The summed E-state index contributed by atoms with van der Waals surface area (Å²) in [5.41, 5.74) is 4.15. The highest BCUT2D eigenvalue weighted by Gasteiger charge is 2.13. The van der Waals surface area contributed by atoms with Crippen LogP contribution in [0.25, 0.3) is 5.57 Å². The number of benzene rings is 1. The Morgan fingerprint density at radius 2 is 2.03 bits per heavy atom. The van der Waals surface area contributed by atoms with E-state index < -0.39 is 0 Å². The fraction of sp³-hybridized carbons (Fsp3) is 0.174. The lowest BCUT2D eigenvalue weighted by molar-refractivity contribution is 0.470. The van der Waals surface area contributed by atoms with Crippen LogP contribution in [0.4, 0.5) is 16.2 Å². The van der Waals surface area contributed by atoms with Crippen LogP contribution >= 0.6 is 0 Å². The van der Waals surface area contributed by atoms with Gasteiger partial charge in [0.05, 0.1) is 11.9 Å². The summed E-state index contributed by atoms with van der Waals surface area (Å²) in [5.74, 6) is 1.13. The Balaban J connectivity index is 1.48. The molecule has 0 unspecified atom stereocenters. The van der Waals surface area contributed by atoms with Crippen LogP contribution in [0.1, 0.15) is 23.7 Å². The predicted molar refractivity (Wildman–Crippen MR) is 116 cm³/mol. The van der Waals surface area contributed by atoms with Crippen molar-refractivity contribution in [3.05, 3.63) is 96.0 Å². The van der Waals surface area contributed by atoms with E-state index in [1.807, 2.05) is 61.5 Å². The third-order valence-corrected chi connectivity index (χ3v) is 4.99. The first kappa shape index (κ1) is 19.6. The molecule has 1 N–H and O–H groups in total. The van der Waals surface area contributed by atoms with E-state index in [1.165, 1.54) is 0 Å². The van der Waals surface area contributed by atoms with Crippen molar-refractivity contribution in [3.8, 4) is 0 Å². The average Bonchev–Trinajstić information content (AvgIpc) is 3.14. The molecule has 0 radical (unpaired) electrons. The van der Waals surface area contributed by atoms with Gasteiger partial charge in [-0.25, -0.2) is 14.4 Å². The molecule has 1 aliphatic heterocycles. The van der Waals surface area contributed by atoms with Crippen molar-refractivity contribution in [2.75, 3.05) is 5.32 Å². The largest absolute Gasteiger partial charge is 0.344 e. The van der Waals surface area contributed by atoms with E-state index in [2.05, 4.69) is 27.0 Å². The molecule has 7 heteroatoms. The number of aromatic nitrogens is 4. The van der Waals surface area contributed by atoms with Crippen molar-refractivity contribution in [1.82, 2.24) is 24.6 Å². The smallest absolute Gasteiger partial charge is 0.228 e. The molecule has 0 spiro atoms. The van der Waals surface area contributed by atoms with Crippen LogP contribution in [0.2, 0.25) is 0 Å². The molecule has 152 valence electrons. The summed E-state index contributed by atoms with van der Waals surface area (Å²) in [5, 5.41) is 7.29. The number of nitrogens with one attached hydrogen (secondary N) is 1. The Hall–Kier alpha value is -3.74. The zero-order valence-electron chi connectivity index (χ0n) is 17.0. The third kappa shape index (κ3) is 4.15. The molecule has 0 bridgehead atoms. The second-order valence-electron chi connectivity index (χ2n) is 7.04.